The fourth-order valence-electron chi connectivity index (χ4n) is 1.19. The molecule has 1 aromatic heterocycles. The lowest BCUT2D eigenvalue weighted by Crippen LogP contribution is -1.96. The van der Waals surface area contributed by atoms with Gasteiger partial charge in [-0.25, -0.2) is 4.39 Å². The Morgan fingerprint density at radius 3 is 3.08 bits per heavy atom. The van der Waals surface area contributed by atoms with Gasteiger partial charge in [0.2, 0.25) is 0 Å². The first-order valence-corrected chi connectivity index (χ1v) is 3.63. The van der Waals surface area contributed by atoms with Crippen LogP contribution in [0.2, 0.25) is 0 Å². The molecule has 0 atom stereocenters. The SMILES string of the molecule is NCc1cc(F)c2[nH]ncc2c1. The van der Waals surface area contributed by atoms with Crippen molar-refractivity contribution in [1.82, 2.24) is 10.2 Å². The number of aromatic nitrogens is 2. The number of benzene rings is 1. The molecule has 0 saturated heterocycles. The molecule has 0 aliphatic rings. The van der Waals surface area contributed by atoms with Gasteiger partial charge in [-0.15, -0.1) is 0 Å². The van der Waals surface area contributed by atoms with E-state index in [0.29, 0.717) is 12.1 Å². The number of H-pyrrole nitrogens is 1. The maximum Gasteiger partial charge on any atom is 0.149 e. The molecule has 0 aliphatic heterocycles. The largest absolute Gasteiger partial charge is 0.326 e. The Hall–Kier alpha value is -1.42. The van der Waals surface area contributed by atoms with Crippen molar-refractivity contribution in [2.24, 2.45) is 5.73 Å². The highest BCUT2D eigenvalue weighted by molar-refractivity contribution is 5.79. The summed E-state index contributed by atoms with van der Waals surface area (Å²) in [6.07, 6.45) is 1.58. The maximum atomic E-state index is 13.1. The molecule has 2 rings (SSSR count). The van der Waals surface area contributed by atoms with Crippen LogP contribution in [0.5, 0.6) is 0 Å². The number of nitrogens with two attached hydrogens (primary N) is 1. The van der Waals surface area contributed by atoms with Crippen molar-refractivity contribution in [2.75, 3.05) is 0 Å². The second-order valence-electron chi connectivity index (χ2n) is 2.62. The summed E-state index contributed by atoms with van der Waals surface area (Å²) in [4.78, 5) is 0. The lowest BCUT2D eigenvalue weighted by molar-refractivity contribution is 0.634. The number of aromatic amines is 1. The van der Waals surface area contributed by atoms with Gasteiger partial charge < -0.3 is 5.73 Å². The Bertz CT molecular complexity index is 408. The van der Waals surface area contributed by atoms with Crippen molar-refractivity contribution in [3.8, 4) is 0 Å². The summed E-state index contributed by atoms with van der Waals surface area (Å²) < 4.78 is 13.1. The van der Waals surface area contributed by atoms with Gasteiger partial charge >= 0.3 is 0 Å². The third kappa shape index (κ3) is 0.967. The molecule has 0 fully saturated rings. The Morgan fingerprint density at radius 2 is 2.33 bits per heavy atom. The third-order valence-corrected chi connectivity index (χ3v) is 1.80. The highest BCUT2D eigenvalue weighted by Crippen LogP contribution is 2.16. The highest BCUT2D eigenvalue weighted by atomic mass is 19.1. The molecule has 4 heteroatoms. The van der Waals surface area contributed by atoms with Crippen LogP contribution in [0.1, 0.15) is 5.56 Å². The van der Waals surface area contributed by atoms with Gasteiger partial charge in [-0.3, -0.25) is 5.10 Å². The lowest BCUT2D eigenvalue weighted by Gasteiger charge is -1.97. The monoisotopic (exact) mass is 165 g/mol. The minimum absolute atomic E-state index is 0.301. The standard InChI is InChI=1S/C8H8FN3/c9-7-2-5(3-10)1-6-4-11-12-8(6)7/h1-2,4H,3,10H2,(H,11,12). The number of rotatable bonds is 1. The van der Waals surface area contributed by atoms with Gasteiger partial charge in [-0.2, -0.15) is 5.10 Å². The van der Waals surface area contributed by atoms with E-state index in [2.05, 4.69) is 10.2 Å². The molecule has 0 unspecified atom stereocenters. The average Bonchev–Trinajstić information content (AvgIpc) is 2.52. The number of hydrogen-bond acceptors (Lipinski definition) is 2. The van der Waals surface area contributed by atoms with Gasteiger partial charge in [0.25, 0.3) is 0 Å². The van der Waals surface area contributed by atoms with E-state index in [1.54, 1.807) is 6.20 Å². The van der Waals surface area contributed by atoms with Crippen LogP contribution < -0.4 is 5.73 Å². The smallest absolute Gasteiger partial charge is 0.149 e. The Labute approximate surface area is 68.4 Å². The van der Waals surface area contributed by atoms with E-state index in [1.807, 2.05) is 6.07 Å². The first-order chi connectivity index (χ1) is 5.81. The molecule has 3 N–H and O–H groups in total. The molecule has 1 heterocycles. The molecule has 0 radical (unpaired) electrons. The summed E-state index contributed by atoms with van der Waals surface area (Å²) in [6, 6.07) is 3.24. The van der Waals surface area contributed by atoms with Gasteiger partial charge in [-0.05, 0) is 17.7 Å². The van der Waals surface area contributed by atoms with E-state index in [9.17, 15) is 4.39 Å². The third-order valence-electron chi connectivity index (χ3n) is 1.80. The van der Waals surface area contributed by atoms with Crippen molar-refractivity contribution in [1.29, 1.82) is 0 Å². The molecule has 12 heavy (non-hydrogen) atoms. The van der Waals surface area contributed by atoms with Crippen molar-refractivity contribution in [3.05, 3.63) is 29.7 Å². The van der Waals surface area contributed by atoms with Crippen LogP contribution in [0.3, 0.4) is 0 Å². The minimum atomic E-state index is -0.301. The van der Waals surface area contributed by atoms with Crippen LogP contribution >= 0.6 is 0 Å². The van der Waals surface area contributed by atoms with E-state index >= 15 is 0 Å². The normalized spacial score (nSPS) is 10.8. The summed E-state index contributed by atoms with van der Waals surface area (Å²) in [5.74, 6) is -0.301. The minimum Gasteiger partial charge on any atom is -0.326 e. The first-order valence-electron chi connectivity index (χ1n) is 3.63. The maximum absolute atomic E-state index is 13.1. The van der Waals surface area contributed by atoms with Crippen LogP contribution in [-0.4, -0.2) is 10.2 Å². The second kappa shape index (κ2) is 2.57. The summed E-state index contributed by atoms with van der Waals surface area (Å²) >= 11 is 0. The van der Waals surface area contributed by atoms with Crippen LogP contribution in [0.4, 0.5) is 4.39 Å². The van der Waals surface area contributed by atoms with Crippen molar-refractivity contribution in [3.63, 3.8) is 0 Å². The molecular formula is C8H8FN3. The number of nitrogens with one attached hydrogen (secondary N) is 1. The van der Waals surface area contributed by atoms with Crippen LogP contribution in [0, 0.1) is 5.82 Å². The predicted octanol–water partition coefficient (Wildman–Crippen LogP) is 1.16. The van der Waals surface area contributed by atoms with Crippen LogP contribution in [0.25, 0.3) is 10.9 Å². The zero-order chi connectivity index (χ0) is 8.55. The predicted molar refractivity (Wildman–Crippen MR) is 43.9 cm³/mol. The molecule has 0 bridgehead atoms. The van der Waals surface area contributed by atoms with Gasteiger partial charge in [-0.1, -0.05) is 0 Å². The van der Waals surface area contributed by atoms with Crippen molar-refractivity contribution >= 4 is 10.9 Å². The molecule has 0 spiro atoms. The van der Waals surface area contributed by atoms with Crippen LogP contribution in [-0.2, 0) is 6.54 Å². The van der Waals surface area contributed by atoms with Gasteiger partial charge in [0.15, 0.2) is 0 Å². The molecule has 62 valence electrons. The van der Waals surface area contributed by atoms with Crippen molar-refractivity contribution < 1.29 is 4.39 Å². The van der Waals surface area contributed by atoms with Gasteiger partial charge in [0.1, 0.15) is 11.3 Å². The van der Waals surface area contributed by atoms with Crippen molar-refractivity contribution in [2.45, 2.75) is 6.54 Å². The number of halogens is 1. The molecule has 1 aromatic carbocycles. The Morgan fingerprint density at radius 1 is 1.50 bits per heavy atom. The fourth-order valence-corrected chi connectivity index (χ4v) is 1.19. The van der Waals surface area contributed by atoms with E-state index in [-0.39, 0.29) is 5.82 Å². The molecule has 2 aromatic rings. The molecule has 3 nitrogen and oxygen atoms in total. The van der Waals surface area contributed by atoms with E-state index < -0.39 is 0 Å². The first kappa shape index (κ1) is 7.24. The molecular weight excluding hydrogens is 157 g/mol. The van der Waals surface area contributed by atoms with E-state index in [4.69, 9.17) is 5.73 Å². The molecule has 0 amide bonds. The van der Waals surface area contributed by atoms with Gasteiger partial charge in [0, 0.05) is 11.9 Å². The number of hydrogen-bond donors (Lipinski definition) is 2. The lowest BCUT2D eigenvalue weighted by atomic mass is 10.1. The summed E-state index contributed by atoms with van der Waals surface area (Å²) in [6.45, 7) is 0.345. The van der Waals surface area contributed by atoms with Gasteiger partial charge in [0.05, 0.1) is 6.20 Å². The fraction of sp³-hybridized carbons (Fsp3) is 0.125. The Kier molecular flexibility index (Phi) is 1.55. The molecule has 0 saturated carbocycles. The highest BCUT2D eigenvalue weighted by Gasteiger charge is 2.03. The summed E-state index contributed by atoms with van der Waals surface area (Å²) in [7, 11) is 0. The average molecular weight is 165 g/mol. The zero-order valence-electron chi connectivity index (χ0n) is 6.34. The summed E-state index contributed by atoms with van der Waals surface area (Å²) in [5, 5.41) is 7.06. The second-order valence-corrected chi connectivity index (χ2v) is 2.62. The summed E-state index contributed by atoms with van der Waals surface area (Å²) in [5.41, 5.74) is 6.60. The van der Waals surface area contributed by atoms with Crippen LogP contribution in [0.15, 0.2) is 18.3 Å². The Balaban J connectivity index is 2.75. The quantitative estimate of drug-likeness (QED) is 0.666. The topological polar surface area (TPSA) is 54.7 Å². The number of fused-ring (bicyclic) bond motifs is 1. The van der Waals surface area contributed by atoms with E-state index in [1.165, 1.54) is 6.07 Å². The molecule has 0 aliphatic carbocycles. The number of nitrogens with zero attached hydrogens (tertiary/aromatic N) is 1. The zero-order valence-corrected chi connectivity index (χ0v) is 6.34. The van der Waals surface area contributed by atoms with E-state index in [0.717, 1.165) is 10.9 Å².